The van der Waals surface area contributed by atoms with E-state index in [9.17, 15) is 14.4 Å². The quantitative estimate of drug-likeness (QED) is 0.242. The molecule has 0 saturated carbocycles. The monoisotopic (exact) mass is 520 g/mol. The third-order valence-electron chi connectivity index (χ3n) is 4.55. The third-order valence-corrected chi connectivity index (χ3v) is 5.59. The lowest BCUT2D eigenvalue weighted by molar-refractivity contribution is -0.120. The molecule has 0 aliphatic carbocycles. The number of imide groups is 1. The molecule has 166 valence electrons. The molecule has 0 unspecified atom stereocenters. The zero-order chi connectivity index (χ0) is 23.7. The van der Waals surface area contributed by atoms with Crippen LogP contribution in [0.1, 0.15) is 10.4 Å². The summed E-state index contributed by atoms with van der Waals surface area (Å²) in [7, 11) is 0. The number of rotatable bonds is 5. The lowest BCUT2D eigenvalue weighted by atomic mass is 10.2. The Bertz CT molecular complexity index is 1280. The summed E-state index contributed by atoms with van der Waals surface area (Å²) in [6, 6.07) is 16.8. The summed E-state index contributed by atoms with van der Waals surface area (Å²) < 4.78 is 5.28. The number of anilines is 2. The number of benzene rings is 3. The summed E-state index contributed by atoms with van der Waals surface area (Å²) >= 11 is 23.9. The Morgan fingerprint density at radius 3 is 1.97 bits per heavy atom. The fourth-order valence-electron chi connectivity index (χ4n) is 3.02. The van der Waals surface area contributed by atoms with Gasteiger partial charge in [0.15, 0.2) is 0 Å². The van der Waals surface area contributed by atoms with E-state index < -0.39 is 17.8 Å². The maximum atomic E-state index is 12.9. The molecular formula is C23H12Cl4N2O4. The van der Waals surface area contributed by atoms with Gasteiger partial charge in [0.2, 0.25) is 0 Å². The smallest absolute Gasteiger partial charge is 0.343 e. The van der Waals surface area contributed by atoms with Crippen molar-refractivity contribution in [3.8, 4) is 5.75 Å². The Kier molecular flexibility index (Phi) is 6.63. The van der Waals surface area contributed by atoms with Crippen LogP contribution in [0.3, 0.4) is 0 Å². The van der Waals surface area contributed by atoms with E-state index in [0.717, 1.165) is 4.90 Å². The summed E-state index contributed by atoms with van der Waals surface area (Å²) in [6.45, 7) is 0. The van der Waals surface area contributed by atoms with Crippen molar-refractivity contribution in [3.05, 3.63) is 98.1 Å². The third kappa shape index (κ3) is 4.99. The second kappa shape index (κ2) is 9.45. The fourth-order valence-corrected chi connectivity index (χ4v) is 3.87. The first-order chi connectivity index (χ1) is 15.7. The number of carbonyl (C=O) groups is 3. The predicted octanol–water partition coefficient (Wildman–Crippen LogP) is 6.30. The van der Waals surface area contributed by atoms with Crippen LogP contribution in [0.25, 0.3) is 0 Å². The highest BCUT2D eigenvalue weighted by Crippen LogP contribution is 2.33. The first-order valence-corrected chi connectivity index (χ1v) is 10.8. The van der Waals surface area contributed by atoms with E-state index in [4.69, 9.17) is 51.1 Å². The van der Waals surface area contributed by atoms with Crippen LogP contribution < -0.4 is 15.0 Å². The van der Waals surface area contributed by atoms with Gasteiger partial charge in [-0.1, -0.05) is 46.4 Å². The molecule has 0 spiro atoms. The minimum atomic E-state index is -0.717. The zero-order valence-electron chi connectivity index (χ0n) is 16.4. The molecular weight excluding hydrogens is 510 g/mol. The molecule has 0 saturated heterocycles. The van der Waals surface area contributed by atoms with Gasteiger partial charge < -0.3 is 10.1 Å². The largest absolute Gasteiger partial charge is 0.423 e. The van der Waals surface area contributed by atoms with Crippen molar-refractivity contribution in [2.24, 2.45) is 0 Å². The number of nitrogens with zero attached hydrogens (tertiary/aromatic N) is 1. The van der Waals surface area contributed by atoms with Gasteiger partial charge >= 0.3 is 5.97 Å². The minimum absolute atomic E-state index is 0.116. The maximum Gasteiger partial charge on any atom is 0.343 e. The van der Waals surface area contributed by atoms with Crippen molar-refractivity contribution in [1.82, 2.24) is 0 Å². The Balaban J connectivity index is 1.49. The van der Waals surface area contributed by atoms with Crippen molar-refractivity contribution in [3.63, 3.8) is 0 Å². The average Bonchev–Trinajstić information content (AvgIpc) is 2.98. The molecule has 3 aromatic rings. The Hall–Kier alpha value is -3.03. The van der Waals surface area contributed by atoms with E-state index in [1.54, 1.807) is 36.4 Å². The highest BCUT2D eigenvalue weighted by atomic mass is 35.5. The Morgan fingerprint density at radius 1 is 0.758 bits per heavy atom. The van der Waals surface area contributed by atoms with Crippen LogP contribution in [0.4, 0.5) is 11.4 Å². The molecule has 4 rings (SSSR count). The summed E-state index contributed by atoms with van der Waals surface area (Å²) in [4.78, 5) is 38.7. The van der Waals surface area contributed by atoms with E-state index in [1.165, 1.54) is 30.3 Å². The molecule has 0 bridgehead atoms. The number of amides is 2. The summed E-state index contributed by atoms with van der Waals surface area (Å²) in [5.41, 5.74) is 0.782. The molecule has 1 heterocycles. The van der Waals surface area contributed by atoms with Crippen molar-refractivity contribution < 1.29 is 19.1 Å². The second-order valence-corrected chi connectivity index (χ2v) is 8.50. The van der Waals surface area contributed by atoms with Gasteiger partial charge in [0.05, 0.1) is 11.3 Å². The SMILES string of the molecule is O=C(Oc1ccc(Cl)cc1)c1ccc(NC2=C(Cl)C(=O)N(c3cc(Cl)cc(Cl)c3)C2=O)cc1. The van der Waals surface area contributed by atoms with Gasteiger partial charge in [0, 0.05) is 20.8 Å². The van der Waals surface area contributed by atoms with Gasteiger partial charge in [0.1, 0.15) is 16.5 Å². The van der Waals surface area contributed by atoms with E-state index in [2.05, 4.69) is 5.32 Å². The highest BCUT2D eigenvalue weighted by molar-refractivity contribution is 6.53. The van der Waals surface area contributed by atoms with Gasteiger partial charge in [0.25, 0.3) is 11.8 Å². The molecule has 6 nitrogen and oxygen atoms in total. The van der Waals surface area contributed by atoms with E-state index in [-0.39, 0.29) is 32.0 Å². The van der Waals surface area contributed by atoms with E-state index in [1.807, 2.05) is 0 Å². The van der Waals surface area contributed by atoms with Gasteiger partial charge in [-0.25, -0.2) is 9.69 Å². The van der Waals surface area contributed by atoms with Crippen molar-refractivity contribution >= 4 is 75.6 Å². The van der Waals surface area contributed by atoms with Crippen molar-refractivity contribution in [2.75, 3.05) is 10.2 Å². The number of halogens is 4. The first-order valence-electron chi connectivity index (χ1n) is 9.32. The van der Waals surface area contributed by atoms with Crippen LogP contribution >= 0.6 is 46.4 Å². The molecule has 0 aromatic heterocycles. The maximum absolute atomic E-state index is 12.9. The molecule has 33 heavy (non-hydrogen) atoms. The number of hydrogen-bond donors (Lipinski definition) is 1. The molecule has 2 amide bonds. The molecule has 0 radical (unpaired) electrons. The van der Waals surface area contributed by atoms with Crippen LogP contribution in [0.2, 0.25) is 15.1 Å². The van der Waals surface area contributed by atoms with Crippen LogP contribution in [0.15, 0.2) is 77.5 Å². The number of carbonyl (C=O) groups excluding carboxylic acids is 3. The Morgan fingerprint density at radius 2 is 1.36 bits per heavy atom. The van der Waals surface area contributed by atoms with Gasteiger partial charge in [-0.2, -0.15) is 0 Å². The molecule has 1 aliphatic rings. The Labute approximate surface area is 208 Å². The van der Waals surface area contributed by atoms with Crippen LogP contribution in [-0.2, 0) is 9.59 Å². The molecule has 0 fully saturated rings. The van der Waals surface area contributed by atoms with Crippen molar-refractivity contribution in [1.29, 1.82) is 0 Å². The molecule has 1 aliphatic heterocycles. The molecule has 3 aromatic carbocycles. The topological polar surface area (TPSA) is 75.7 Å². The van der Waals surface area contributed by atoms with Gasteiger partial charge in [-0.15, -0.1) is 0 Å². The van der Waals surface area contributed by atoms with Gasteiger partial charge in [-0.3, -0.25) is 9.59 Å². The van der Waals surface area contributed by atoms with Gasteiger partial charge in [-0.05, 0) is 66.7 Å². The van der Waals surface area contributed by atoms with Crippen LogP contribution in [-0.4, -0.2) is 17.8 Å². The standard InChI is InChI=1S/C23H12Cl4N2O4/c24-13-3-7-18(8-4-13)33-23(32)12-1-5-16(6-2-12)28-20-19(27)21(30)29(22(20)31)17-10-14(25)9-15(26)11-17/h1-11,28H. The minimum Gasteiger partial charge on any atom is -0.423 e. The van der Waals surface area contributed by atoms with E-state index in [0.29, 0.717) is 16.5 Å². The fraction of sp³-hybridized carbons (Fsp3) is 0. The summed E-state index contributed by atoms with van der Waals surface area (Å²) in [5.74, 6) is -1.61. The second-order valence-electron chi connectivity index (χ2n) is 6.81. The van der Waals surface area contributed by atoms with Crippen molar-refractivity contribution in [2.45, 2.75) is 0 Å². The number of esters is 1. The number of ether oxygens (including phenoxy) is 1. The average molecular weight is 522 g/mol. The predicted molar refractivity (Wildman–Crippen MR) is 128 cm³/mol. The summed E-state index contributed by atoms with van der Waals surface area (Å²) in [5, 5.41) is 3.58. The van der Waals surface area contributed by atoms with Crippen LogP contribution in [0, 0.1) is 0 Å². The number of nitrogens with one attached hydrogen (secondary N) is 1. The molecule has 0 atom stereocenters. The number of hydrogen-bond acceptors (Lipinski definition) is 5. The molecule has 10 heteroatoms. The van der Waals surface area contributed by atoms with E-state index >= 15 is 0 Å². The highest BCUT2D eigenvalue weighted by Gasteiger charge is 2.39. The lowest BCUT2D eigenvalue weighted by Gasteiger charge is -2.16. The summed E-state index contributed by atoms with van der Waals surface area (Å²) in [6.07, 6.45) is 0. The zero-order valence-corrected chi connectivity index (χ0v) is 19.5. The first kappa shape index (κ1) is 23.1. The molecule has 1 N–H and O–H groups in total. The van der Waals surface area contributed by atoms with Crippen LogP contribution in [0.5, 0.6) is 5.75 Å². The normalized spacial score (nSPS) is 13.5. The lowest BCUT2D eigenvalue weighted by Crippen LogP contribution is -2.32.